The molecule has 3 aromatic rings. The van der Waals surface area contributed by atoms with Crippen molar-refractivity contribution >= 4 is 34.3 Å². The number of para-hydroxylation sites is 1. The summed E-state index contributed by atoms with van der Waals surface area (Å²) in [6.45, 7) is 2.53. The molecule has 0 radical (unpaired) electrons. The Morgan fingerprint density at radius 2 is 1.90 bits per heavy atom. The summed E-state index contributed by atoms with van der Waals surface area (Å²) in [5.74, 6) is 0.820. The minimum absolute atomic E-state index is 0.0121. The first kappa shape index (κ1) is 20.5. The Balaban J connectivity index is 1.52. The molecule has 0 atom stereocenters. The van der Waals surface area contributed by atoms with E-state index in [0.29, 0.717) is 28.4 Å². The molecule has 1 heterocycles. The van der Waals surface area contributed by atoms with Gasteiger partial charge in [-0.3, -0.25) is 14.2 Å². The largest absolute Gasteiger partial charge is 0.494 e. The molecule has 0 spiro atoms. The molecule has 1 N–H and O–H groups in total. The van der Waals surface area contributed by atoms with Crippen LogP contribution in [0.1, 0.15) is 38.6 Å². The first-order chi connectivity index (χ1) is 14.7. The molecule has 1 saturated carbocycles. The zero-order valence-electron chi connectivity index (χ0n) is 17.0. The smallest absolute Gasteiger partial charge is 0.262 e. The van der Waals surface area contributed by atoms with Crippen LogP contribution in [-0.2, 0) is 4.79 Å². The van der Waals surface area contributed by atoms with Gasteiger partial charge in [-0.25, -0.2) is 4.98 Å². The highest BCUT2D eigenvalue weighted by Crippen LogP contribution is 2.32. The summed E-state index contributed by atoms with van der Waals surface area (Å²) in [6.07, 6.45) is 4.19. The van der Waals surface area contributed by atoms with E-state index in [-0.39, 0.29) is 23.3 Å². The van der Waals surface area contributed by atoms with E-state index in [9.17, 15) is 9.59 Å². The fraction of sp³-hybridized carbons (Fsp3) is 0.348. The number of nitrogens with one attached hydrogen (secondary N) is 1. The molecule has 0 unspecified atom stereocenters. The van der Waals surface area contributed by atoms with E-state index in [1.807, 2.05) is 60.0 Å². The number of fused-ring (bicyclic) bond motifs is 1. The zero-order valence-corrected chi connectivity index (χ0v) is 17.8. The van der Waals surface area contributed by atoms with Crippen molar-refractivity contribution < 1.29 is 9.53 Å². The number of anilines is 1. The second kappa shape index (κ2) is 9.34. The quantitative estimate of drug-likeness (QED) is 0.443. The van der Waals surface area contributed by atoms with Crippen LogP contribution in [0.2, 0.25) is 0 Å². The Kier molecular flexibility index (Phi) is 6.38. The number of carbonyl (C=O) groups is 1. The fourth-order valence-electron chi connectivity index (χ4n) is 3.84. The Morgan fingerprint density at radius 3 is 2.63 bits per heavy atom. The molecule has 1 aliphatic rings. The Hall–Kier alpha value is -2.80. The number of aromatic nitrogens is 2. The standard InChI is InChI=1S/C23H25N3O3S/c1-2-29-18-13-11-16(12-14-18)24-21(27)15-30-23-25-20-10-6-5-9-19(20)22(28)26(23)17-7-3-4-8-17/h5-6,9-14,17H,2-4,7-8,15H2,1H3,(H,24,27). The maximum atomic E-state index is 13.2. The Bertz CT molecular complexity index is 1090. The van der Waals surface area contributed by atoms with E-state index < -0.39 is 0 Å². The van der Waals surface area contributed by atoms with Gasteiger partial charge in [0, 0.05) is 11.7 Å². The number of hydrogen-bond donors (Lipinski definition) is 1. The van der Waals surface area contributed by atoms with Crippen molar-refractivity contribution in [1.29, 1.82) is 0 Å². The van der Waals surface area contributed by atoms with E-state index in [4.69, 9.17) is 9.72 Å². The number of benzene rings is 2. The average Bonchev–Trinajstić information content (AvgIpc) is 3.28. The Morgan fingerprint density at radius 1 is 1.17 bits per heavy atom. The maximum Gasteiger partial charge on any atom is 0.262 e. The molecule has 6 nitrogen and oxygen atoms in total. The van der Waals surface area contributed by atoms with Crippen molar-refractivity contribution in [2.75, 3.05) is 17.7 Å². The Labute approximate surface area is 179 Å². The second-order valence-corrected chi connectivity index (χ2v) is 8.26. The lowest BCUT2D eigenvalue weighted by Crippen LogP contribution is -2.27. The molecule has 156 valence electrons. The molecule has 4 rings (SSSR count). The van der Waals surface area contributed by atoms with Crippen LogP contribution in [0, 0.1) is 0 Å². The number of ether oxygens (including phenoxy) is 1. The first-order valence-corrected chi connectivity index (χ1v) is 11.3. The minimum atomic E-state index is -0.135. The highest BCUT2D eigenvalue weighted by Gasteiger charge is 2.23. The number of carbonyl (C=O) groups excluding carboxylic acids is 1. The fourth-order valence-corrected chi connectivity index (χ4v) is 4.71. The predicted octanol–water partition coefficient (Wildman–Crippen LogP) is 4.64. The summed E-state index contributed by atoms with van der Waals surface area (Å²) in [7, 11) is 0. The third-order valence-electron chi connectivity index (χ3n) is 5.25. The molecule has 30 heavy (non-hydrogen) atoms. The van der Waals surface area contributed by atoms with Crippen molar-refractivity contribution in [3.8, 4) is 5.75 Å². The summed E-state index contributed by atoms with van der Waals surface area (Å²) in [5, 5.41) is 4.14. The van der Waals surface area contributed by atoms with E-state index >= 15 is 0 Å². The normalized spacial score (nSPS) is 14.2. The van der Waals surface area contributed by atoms with Crippen LogP contribution in [0.4, 0.5) is 5.69 Å². The number of rotatable bonds is 7. The van der Waals surface area contributed by atoms with Gasteiger partial charge in [0.15, 0.2) is 5.16 Å². The first-order valence-electron chi connectivity index (χ1n) is 10.3. The number of hydrogen-bond acceptors (Lipinski definition) is 5. The molecule has 0 saturated heterocycles. The van der Waals surface area contributed by atoms with Crippen LogP contribution in [0.15, 0.2) is 58.5 Å². The highest BCUT2D eigenvalue weighted by atomic mass is 32.2. The lowest BCUT2D eigenvalue weighted by Gasteiger charge is -2.18. The SMILES string of the molecule is CCOc1ccc(NC(=O)CSc2nc3ccccc3c(=O)n2C2CCCC2)cc1. The van der Waals surface area contributed by atoms with Gasteiger partial charge in [0.25, 0.3) is 5.56 Å². The van der Waals surface area contributed by atoms with Crippen LogP contribution >= 0.6 is 11.8 Å². The number of amides is 1. The van der Waals surface area contributed by atoms with Crippen LogP contribution in [0.5, 0.6) is 5.75 Å². The monoisotopic (exact) mass is 423 g/mol. The van der Waals surface area contributed by atoms with E-state index in [2.05, 4.69) is 5.32 Å². The van der Waals surface area contributed by atoms with Gasteiger partial charge in [0.2, 0.25) is 5.91 Å². The van der Waals surface area contributed by atoms with Crippen LogP contribution in [0.3, 0.4) is 0 Å². The number of thioether (sulfide) groups is 1. The van der Waals surface area contributed by atoms with Gasteiger partial charge in [0.1, 0.15) is 5.75 Å². The van der Waals surface area contributed by atoms with E-state index in [1.54, 1.807) is 0 Å². The molecule has 1 aliphatic carbocycles. The van der Waals surface area contributed by atoms with Crippen molar-refractivity contribution in [2.45, 2.75) is 43.8 Å². The third-order valence-corrected chi connectivity index (χ3v) is 6.20. The van der Waals surface area contributed by atoms with Crippen LogP contribution < -0.4 is 15.6 Å². The van der Waals surface area contributed by atoms with Crippen LogP contribution in [-0.4, -0.2) is 27.8 Å². The van der Waals surface area contributed by atoms with Crippen molar-refractivity contribution in [3.05, 3.63) is 58.9 Å². The van der Waals surface area contributed by atoms with Gasteiger partial charge >= 0.3 is 0 Å². The van der Waals surface area contributed by atoms with Crippen molar-refractivity contribution in [1.82, 2.24) is 9.55 Å². The summed E-state index contributed by atoms with van der Waals surface area (Å²) >= 11 is 1.32. The molecular formula is C23H25N3O3S. The average molecular weight is 424 g/mol. The summed E-state index contributed by atoms with van der Waals surface area (Å²) in [5.41, 5.74) is 1.37. The van der Waals surface area contributed by atoms with Crippen molar-refractivity contribution in [3.63, 3.8) is 0 Å². The summed E-state index contributed by atoms with van der Waals surface area (Å²) in [4.78, 5) is 30.4. The maximum absolute atomic E-state index is 13.2. The summed E-state index contributed by atoms with van der Waals surface area (Å²) in [6, 6.07) is 14.9. The topological polar surface area (TPSA) is 73.2 Å². The molecule has 1 fully saturated rings. The molecule has 1 amide bonds. The van der Waals surface area contributed by atoms with Crippen LogP contribution in [0.25, 0.3) is 10.9 Å². The summed E-state index contributed by atoms with van der Waals surface area (Å²) < 4.78 is 7.23. The molecule has 7 heteroatoms. The molecule has 1 aromatic heterocycles. The van der Waals surface area contributed by atoms with Gasteiger partial charge < -0.3 is 10.1 Å². The second-order valence-electron chi connectivity index (χ2n) is 7.32. The van der Waals surface area contributed by atoms with Gasteiger partial charge in [-0.1, -0.05) is 36.7 Å². The number of nitrogens with zero attached hydrogens (tertiary/aromatic N) is 2. The molecule has 2 aromatic carbocycles. The highest BCUT2D eigenvalue weighted by molar-refractivity contribution is 7.99. The third kappa shape index (κ3) is 4.51. The molecular weight excluding hydrogens is 398 g/mol. The van der Waals surface area contributed by atoms with Gasteiger partial charge in [-0.15, -0.1) is 0 Å². The molecule has 0 bridgehead atoms. The zero-order chi connectivity index (χ0) is 20.9. The van der Waals surface area contributed by atoms with Gasteiger partial charge in [-0.2, -0.15) is 0 Å². The van der Waals surface area contributed by atoms with E-state index in [1.165, 1.54) is 11.8 Å². The lowest BCUT2D eigenvalue weighted by atomic mass is 10.2. The predicted molar refractivity (Wildman–Crippen MR) is 120 cm³/mol. The molecule has 0 aliphatic heterocycles. The lowest BCUT2D eigenvalue weighted by molar-refractivity contribution is -0.113. The van der Waals surface area contributed by atoms with E-state index in [0.717, 1.165) is 31.4 Å². The van der Waals surface area contributed by atoms with Crippen molar-refractivity contribution in [2.24, 2.45) is 0 Å². The van der Waals surface area contributed by atoms with Gasteiger partial charge in [0.05, 0.1) is 23.3 Å². The van der Waals surface area contributed by atoms with Gasteiger partial charge in [-0.05, 0) is 56.2 Å². The minimum Gasteiger partial charge on any atom is -0.494 e.